The van der Waals surface area contributed by atoms with Gasteiger partial charge in [-0.2, -0.15) is 0 Å². The predicted molar refractivity (Wildman–Crippen MR) is 61.3 cm³/mol. The van der Waals surface area contributed by atoms with Crippen LogP contribution in [0.4, 0.5) is 0 Å². The van der Waals surface area contributed by atoms with Gasteiger partial charge < -0.3 is 0 Å². The van der Waals surface area contributed by atoms with Crippen LogP contribution in [0.3, 0.4) is 0 Å². The van der Waals surface area contributed by atoms with E-state index in [9.17, 15) is 0 Å². The third kappa shape index (κ3) is 9.65. The monoisotopic (exact) mass is 182 g/mol. The summed E-state index contributed by atoms with van der Waals surface area (Å²) in [5, 5.41) is 0. The maximum Gasteiger partial charge on any atom is -0.0166 e. The standard InChI is InChI=1S/C11H19P/c1-2-3-4-5-6-7-8-9-10-11-12/h5-6,8-11H,2-4,7,12H2,1H3/b6-5+,9-8?,11-10-. The molecule has 0 aromatic rings. The number of hydrogen-bond acceptors (Lipinski definition) is 0. The van der Waals surface area contributed by atoms with Crippen molar-refractivity contribution in [3.8, 4) is 0 Å². The van der Waals surface area contributed by atoms with Gasteiger partial charge in [-0.15, -0.1) is 9.24 Å². The normalized spacial score (nSPS) is 12.5. The number of hydrogen-bond donors (Lipinski definition) is 0. The summed E-state index contributed by atoms with van der Waals surface area (Å²) in [6.07, 6.45) is 15.6. The fraction of sp³-hybridized carbons (Fsp3) is 0.455. The van der Waals surface area contributed by atoms with Gasteiger partial charge in [-0.25, -0.2) is 0 Å². The molecule has 0 saturated carbocycles. The van der Waals surface area contributed by atoms with E-state index in [4.69, 9.17) is 0 Å². The van der Waals surface area contributed by atoms with Gasteiger partial charge in [-0.3, -0.25) is 0 Å². The van der Waals surface area contributed by atoms with Crippen LogP contribution in [-0.2, 0) is 0 Å². The zero-order valence-corrected chi connectivity index (χ0v) is 9.02. The lowest BCUT2D eigenvalue weighted by Gasteiger charge is -1.86. The first-order valence-corrected chi connectivity index (χ1v) is 5.27. The SMILES string of the molecule is CCCC/C=C/CC=C/C=C\P. The molecule has 0 heterocycles. The highest BCUT2D eigenvalue weighted by molar-refractivity contribution is 7.20. The molecule has 0 bridgehead atoms. The van der Waals surface area contributed by atoms with E-state index < -0.39 is 0 Å². The fourth-order valence-electron chi connectivity index (χ4n) is 0.836. The Morgan fingerprint density at radius 2 is 1.92 bits per heavy atom. The fourth-order valence-corrected chi connectivity index (χ4v) is 0.964. The number of rotatable bonds is 6. The number of allylic oxidation sites excluding steroid dienone is 5. The highest BCUT2D eigenvalue weighted by atomic mass is 31.0. The molecule has 68 valence electrons. The highest BCUT2D eigenvalue weighted by Crippen LogP contribution is 1.96. The molecule has 1 atom stereocenters. The van der Waals surface area contributed by atoms with E-state index in [0.717, 1.165) is 6.42 Å². The van der Waals surface area contributed by atoms with Crippen LogP contribution in [-0.4, -0.2) is 0 Å². The second-order valence-corrected chi connectivity index (χ2v) is 3.05. The first kappa shape index (κ1) is 11.6. The smallest absolute Gasteiger partial charge is 0.0166 e. The Hall–Kier alpha value is -0.350. The Morgan fingerprint density at radius 1 is 1.08 bits per heavy atom. The second kappa shape index (κ2) is 10.7. The Kier molecular flexibility index (Phi) is 10.3. The minimum absolute atomic E-state index is 1.05. The molecule has 0 aliphatic rings. The lowest BCUT2D eigenvalue weighted by Crippen LogP contribution is -1.66. The summed E-state index contributed by atoms with van der Waals surface area (Å²) in [7, 11) is 2.55. The van der Waals surface area contributed by atoms with E-state index in [2.05, 4.69) is 40.5 Å². The Balaban J connectivity index is 3.23. The molecule has 12 heavy (non-hydrogen) atoms. The summed E-state index contributed by atoms with van der Waals surface area (Å²) in [5.41, 5.74) is 0. The summed E-state index contributed by atoms with van der Waals surface area (Å²) in [6.45, 7) is 2.22. The molecular formula is C11H19P. The van der Waals surface area contributed by atoms with E-state index in [1.807, 2.05) is 11.9 Å². The number of unbranched alkanes of at least 4 members (excludes halogenated alkanes) is 2. The molecule has 0 aliphatic heterocycles. The summed E-state index contributed by atoms with van der Waals surface area (Å²) in [6, 6.07) is 0. The predicted octanol–water partition coefficient (Wildman–Crippen LogP) is 4.07. The van der Waals surface area contributed by atoms with Crippen molar-refractivity contribution in [3.05, 3.63) is 36.2 Å². The molecule has 0 aromatic carbocycles. The van der Waals surface area contributed by atoms with Crippen molar-refractivity contribution in [2.24, 2.45) is 0 Å². The van der Waals surface area contributed by atoms with Gasteiger partial charge in [0, 0.05) is 0 Å². The van der Waals surface area contributed by atoms with E-state index in [-0.39, 0.29) is 0 Å². The molecular weight excluding hydrogens is 163 g/mol. The quantitative estimate of drug-likeness (QED) is 0.251. The zero-order chi connectivity index (χ0) is 9.07. The van der Waals surface area contributed by atoms with Gasteiger partial charge in [-0.1, -0.05) is 56.0 Å². The van der Waals surface area contributed by atoms with Crippen LogP contribution in [0.2, 0.25) is 0 Å². The molecule has 0 spiro atoms. The van der Waals surface area contributed by atoms with E-state index in [1.165, 1.54) is 19.3 Å². The van der Waals surface area contributed by atoms with Gasteiger partial charge >= 0.3 is 0 Å². The van der Waals surface area contributed by atoms with Crippen LogP contribution in [0.1, 0.15) is 32.6 Å². The van der Waals surface area contributed by atoms with Gasteiger partial charge in [0.1, 0.15) is 0 Å². The maximum atomic E-state index is 2.55. The molecule has 0 amide bonds. The third-order valence-corrected chi connectivity index (χ3v) is 1.74. The van der Waals surface area contributed by atoms with E-state index in [0.29, 0.717) is 0 Å². The highest BCUT2D eigenvalue weighted by Gasteiger charge is 1.76. The van der Waals surface area contributed by atoms with Gasteiger partial charge in [0.2, 0.25) is 0 Å². The van der Waals surface area contributed by atoms with Gasteiger partial charge in [0.05, 0.1) is 0 Å². The van der Waals surface area contributed by atoms with Crippen LogP contribution in [0.25, 0.3) is 0 Å². The van der Waals surface area contributed by atoms with Crippen molar-refractivity contribution in [1.29, 1.82) is 0 Å². The molecule has 0 radical (unpaired) electrons. The van der Waals surface area contributed by atoms with E-state index in [1.54, 1.807) is 0 Å². The van der Waals surface area contributed by atoms with Crippen LogP contribution in [0, 0.1) is 0 Å². The molecule has 0 nitrogen and oxygen atoms in total. The molecule has 0 aliphatic carbocycles. The molecule has 0 saturated heterocycles. The Labute approximate surface area is 78.6 Å². The van der Waals surface area contributed by atoms with Crippen molar-refractivity contribution >= 4 is 9.24 Å². The first-order valence-electron chi connectivity index (χ1n) is 4.60. The van der Waals surface area contributed by atoms with Crippen LogP contribution in [0.5, 0.6) is 0 Å². The molecule has 0 fully saturated rings. The average Bonchev–Trinajstić information content (AvgIpc) is 2.10. The summed E-state index contributed by atoms with van der Waals surface area (Å²) < 4.78 is 0. The van der Waals surface area contributed by atoms with Gasteiger partial charge in [0.25, 0.3) is 0 Å². The second-order valence-electron chi connectivity index (χ2n) is 2.66. The lowest BCUT2D eigenvalue weighted by atomic mass is 10.2. The summed E-state index contributed by atoms with van der Waals surface area (Å²) >= 11 is 0. The zero-order valence-electron chi connectivity index (χ0n) is 7.87. The molecule has 0 aromatic heterocycles. The molecule has 1 heteroatoms. The minimum Gasteiger partial charge on any atom is -0.114 e. The average molecular weight is 182 g/mol. The summed E-state index contributed by atoms with van der Waals surface area (Å²) in [4.78, 5) is 0. The Morgan fingerprint density at radius 3 is 2.58 bits per heavy atom. The topological polar surface area (TPSA) is 0 Å². The van der Waals surface area contributed by atoms with Crippen molar-refractivity contribution in [2.45, 2.75) is 32.6 Å². The van der Waals surface area contributed by atoms with Crippen LogP contribution < -0.4 is 0 Å². The van der Waals surface area contributed by atoms with Crippen molar-refractivity contribution in [2.75, 3.05) is 0 Å². The summed E-state index contributed by atoms with van der Waals surface area (Å²) in [5.74, 6) is 1.96. The van der Waals surface area contributed by atoms with Crippen LogP contribution in [0.15, 0.2) is 36.2 Å². The molecule has 0 N–H and O–H groups in total. The lowest BCUT2D eigenvalue weighted by molar-refractivity contribution is 0.813. The maximum absolute atomic E-state index is 2.55. The molecule has 0 rings (SSSR count). The van der Waals surface area contributed by atoms with Crippen molar-refractivity contribution in [3.63, 3.8) is 0 Å². The molecule has 1 unspecified atom stereocenters. The van der Waals surface area contributed by atoms with Gasteiger partial charge in [-0.05, 0) is 12.8 Å². The van der Waals surface area contributed by atoms with Crippen molar-refractivity contribution < 1.29 is 0 Å². The Bertz CT molecular complexity index is 154. The van der Waals surface area contributed by atoms with Crippen molar-refractivity contribution in [1.82, 2.24) is 0 Å². The van der Waals surface area contributed by atoms with Crippen LogP contribution >= 0.6 is 9.24 Å². The minimum atomic E-state index is 1.05. The first-order chi connectivity index (χ1) is 5.91. The largest absolute Gasteiger partial charge is 0.114 e. The van der Waals surface area contributed by atoms with Gasteiger partial charge in [0.15, 0.2) is 0 Å². The third-order valence-electron chi connectivity index (χ3n) is 1.52. The van der Waals surface area contributed by atoms with E-state index >= 15 is 0 Å².